The van der Waals surface area contributed by atoms with Gasteiger partial charge in [0.1, 0.15) is 0 Å². The molecule has 6 heteroatoms. The van der Waals surface area contributed by atoms with Gasteiger partial charge in [0.2, 0.25) is 0 Å². The molecule has 2 aromatic rings. The summed E-state index contributed by atoms with van der Waals surface area (Å²) in [4.78, 5) is 0. The van der Waals surface area contributed by atoms with Gasteiger partial charge in [-0.3, -0.25) is 24.3 Å². The minimum Gasteiger partial charge on any atom is -0.319 e. The van der Waals surface area contributed by atoms with Crippen LogP contribution in [0.4, 0.5) is 0 Å². The molecule has 2 aromatic carbocycles. The van der Waals surface area contributed by atoms with Crippen molar-refractivity contribution in [3.05, 3.63) is 78.7 Å². The molecule has 0 bridgehead atoms. The van der Waals surface area contributed by atoms with Gasteiger partial charge in [-0.1, -0.05) is 26.2 Å². The largest absolute Gasteiger partial charge is 0.319 e. The van der Waals surface area contributed by atoms with E-state index in [1.165, 1.54) is 19.3 Å². The van der Waals surface area contributed by atoms with Gasteiger partial charge in [0.25, 0.3) is 0 Å². The number of rotatable bonds is 5. The molecular formula is C20H26Co2O4-4. The van der Waals surface area contributed by atoms with Crippen LogP contribution in [0.25, 0.3) is 0 Å². The second kappa shape index (κ2) is 28.8. The molecule has 0 saturated heterocycles. The summed E-state index contributed by atoms with van der Waals surface area (Å²) < 4.78 is 15.9. The SMILES string of the molecule is OCc1c[c-]cc(CO)c1.[CH2-]CCCCC.[O]=[Co].[O]=[Co].[c-]1cc[c-]cc1. The average Bonchev–Trinajstić information content (AvgIpc) is 2.77. The van der Waals surface area contributed by atoms with Crippen molar-refractivity contribution in [2.24, 2.45) is 0 Å². The van der Waals surface area contributed by atoms with Crippen LogP contribution in [0.2, 0.25) is 0 Å². The van der Waals surface area contributed by atoms with Crippen molar-refractivity contribution in [3.8, 4) is 0 Å². The van der Waals surface area contributed by atoms with Gasteiger partial charge in [-0.05, 0) is 0 Å². The molecular weight excluding hydrogens is 422 g/mol. The summed E-state index contributed by atoms with van der Waals surface area (Å²) in [5.74, 6) is 0. The van der Waals surface area contributed by atoms with Crippen molar-refractivity contribution in [2.75, 3.05) is 0 Å². The van der Waals surface area contributed by atoms with E-state index < -0.39 is 0 Å². The van der Waals surface area contributed by atoms with Crippen LogP contribution in [-0.4, -0.2) is 10.2 Å². The Balaban J connectivity index is -0.000000289. The van der Waals surface area contributed by atoms with Gasteiger partial charge in [-0.15, -0.1) is 11.1 Å². The smallest absolute Gasteiger partial charge is 0.288 e. The van der Waals surface area contributed by atoms with E-state index in [0.717, 1.165) is 17.5 Å². The first-order chi connectivity index (χ1) is 12.8. The van der Waals surface area contributed by atoms with E-state index in [9.17, 15) is 0 Å². The first-order valence-electron chi connectivity index (χ1n) is 7.87. The van der Waals surface area contributed by atoms with Crippen molar-refractivity contribution in [1.29, 1.82) is 0 Å². The molecule has 0 aromatic heterocycles. The number of hydrogen-bond acceptors (Lipinski definition) is 4. The third kappa shape index (κ3) is 23.0. The fourth-order valence-electron chi connectivity index (χ4n) is 1.49. The molecule has 0 aliphatic rings. The Hall–Kier alpha value is -1.03. The zero-order valence-electron chi connectivity index (χ0n) is 14.9. The Kier molecular flexibility index (Phi) is 32.9. The van der Waals surface area contributed by atoms with E-state index in [2.05, 4.69) is 63.4 Å². The monoisotopic (exact) mass is 448 g/mol. The van der Waals surface area contributed by atoms with Crippen LogP contribution < -0.4 is 0 Å². The van der Waals surface area contributed by atoms with Crippen LogP contribution in [0.5, 0.6) is 0 Å². The molecule has 0 aliphatic carbocycles. The fraction of sp³-hybridized carbons (Fsp3) is 0.350. The van der Waals surface area contributed by atoms with Crippen molar-refractivity contribution in [1.82, 2.24) is 0 Å². The normalized spacial score (nSPS) is 8.08. The molecule has 0 amide bonds. The molecule has 152 valence electrons. The number of benzene rings is 2. The maximum Gasteiger partial charge on any atom is -0.288 e. The third-order valence-corrected chi connectivity index (χ3v) is 2.68. The molecule has 26 heavy (non-hydrogen) atoms. The van der Waals surface area contributed by atoms with Gasteiger partial charge >= 0.3 is 39.1 Å². The molecule has 0 aliphatic heterocycles. The molecule has 0 fully saturated rings. The number of aliphatic hydroxyl groups excluding tert-OH is 2. The van der Waals surface area contributed by atoms with E-state index in [1.807, 2.05) is 24.3 Å². The second-order valence-corrected chi connectivity index (χ2v) is 4.63. The van der Waals surface area contributed by atoms with Gasteiger partial charge < -0.3 is 29.3 Å². The van der Waals surface area contributed by atoms with E-state index in [0.29, 0.717) is 0 Å². The summed E-state index contributed by atoms with van der Waals surface area (Å²) in [5, 5.41) is 17.3. The molecule has 0 saturated carbocycles. The average molecular weight is 448 g/mol. The van der Waals surface area contributed by atoms with Crippen molar-refractivity contribution >= 4 is 0 Å². The summed E-state index contributed by atoms with van der Waals surface area (Å²) >= 11 is 4.62. The molecule has 4 nitrogen and oxygen atoms in total. The van der Waals surface area contributed by atoms with Crippen molar-refractivity contribution in [2.45, 2.75) is 45.8 Å². The van der Waals surface area contributed by atoms with E-state index in [1.54, 1.807) is 18.2 Å². The van der Waals surface area contributed by atoms with E-state index in [-0.39, 0.29) is 13.2 Å². The Labute approximate surface area is 173 Å². The quantitative estimate of drug-likeness (QED) is 0.537. The molecule has 0 atom stereocenters. The maximum absolute atomic E-state index is 8.66. The van der Waals surface area contributed by atoms with Crippen LogP contribution in [-0.2, 0) is 52.3 Å². The predicted octanol–water partition coefficient (Wildman–Crippen LogP) is 3.92. The van der Waals surface area contributed by atoms with Gasteiger partial charge in [0, 0.05) is 13.2 Å². The number of unbranched alkanes of at least 4 members (excludes halogenated alkanes) is 3. The Morgan fingerprint density at radius 2 is 1.27 bits per heavy atom. The van der Waals surface area contributed by atoms with Crippen LogP contribution in [0, 0.1) is 25.1 Å². The predicted molar refractivity (Wildman–Crippen MR) is 92.1 cm³/mol. The summed E-state index contributed by atoms with van der Waals surface area (Å²) in [6.07, 6.45) is 5.07. The second-order valence-electron chi connectivity index (χ2n) is 4.63. The van der Waals surface area contributed by atoms with Crippen LogP contribution in [0.1, 0.15) is 43.7 Å². The first-order valence-corrected chi connectivity index (χ1v) is 8.72. The van der Waals surface area contributed by atoms with Crippen LogP contribution in [0.15, 0.2) is 42.5 Å². The summed E-state index contributed by atoms with van der Waals surface area (Å²) in [6, 6.07) is 20.9. The first kappa shape index (κ1) is 29.7. The minimum absolute atomic E-state index is 0.00431. The van der Waals surface area contributed by atoms with Crippen LogP contribution >= 0.6 is 0 Å². The summed E-state index contributed by atoms with van der Waals surface area (Å²) in [7, 11) is 0. The molecule has 0 heterocycles. The zero-order valence-corrected chi connectivity index (χ0v) is 17.0. The third-order valence-electron chi connectivity index (χ3n) is 2.68. The van der Waals surface area contributed by atoms with Crippen LogP contribution in [0.3, 0.4) is 0 Å². The zero-order chi connectivity index (χ0) is 20.5. The Morgan fingerprint density at radius 3 is 1.50 bits per heavy atom. The minimum atomic E-state index is 0.00431. The Morgan fingerprint density at radius 1 is 0.846 bits per heavy atom. The van der Waals surface area contributed by atoms with Crippen molar-refractivity contribution in [3.63, 3.8) is 0 Å². The molecule has 0 spiro atoms. The summed E-state index contributed by atoms with van der Waals surface area (Å²) in [6.45, 7) is 5.94. The topological polar surface area (TPSA) is 74.6 Å². The van der Waals surface area contributed by atoms with E-state index in [4.69, 9.17) is 17.9 Å². The van der Waals surface area contributed by atoms with Gasteiger partial charge in [-0.25, -0.2) is 0 Å². The van der Waals surface area contributed by atoms with Gasteiger partial charge in [0.05, 0.1) is 0 Å². The standard InChI is InChI=1S/C8H9O2.C6H4.C6H13.2Co.2O/c9-5-7-2-1-3-8(4-7)6-10;1-2-4-6-5-3-1;1-3-5-6-4-2;;;;/h2-4,9-10H,5-6H2;1-2,5-6H;1,3-6H2,2H3;;;;/q-1;-2;-1;;;;. The Bertz CT molecular complexity index is 432. The van der Waals surface area contributed by atoms with Gasteiger partial charge in [-0.2, -0.15) is 30.7 Å². The molecule has 2 rings (SSSR count). The molecule has 0 unspecified atom stereocenters. The van der Waals surface area contributed by atoms with E-state index >= 15 is 0 Å². The van der Waals surface area contributed by atoms with Gasteiger partial charge in [0.15, 0.2) is 0 Å². The number of hydrogen-bond donors (Lipinski definition) is 2. The summed E-state index contributed by atoms with van der Waals surface area (Å²) in [5.41, 5.74) is 1.57. The maximum atomic E-state index is 8.66. The fourth-order valence-corrected chi connectivity index (χ4v) is 1.49. The number of aliphatic hydroxyl groups is 2. The molecule has 2 N–H and O–H groups in total. The van der Waals surface area contributed by atoms with Crippen molar-refractivity contribution < 1.29 is 49.3 Å². The molecule has 0 radical (unpaired) electrons.